The molecule has 1 saturated carbocycles. The van der Waals surface area contributed by atoms with Crippen LogP contribution in [0.5, 0.6) is 0 Å². The van der Waals surface area contributed by atoms with Gasteiger partial charge < -0.3 is 5.32 Å². The molecule has 138 valence electrons. The number of alkyl halides is 1. The minimum absolute atomic E-state index is 0.278. The number of pyridine rings is 2. The fourth-order valence-corrected chi connectivity index (χ4v) is 3.42. The molecule has 1 N–H and O–H groups in total. The van der Waals surface area contributed by atoms with Crippen molar-refractivity contribution >= 4 is 16.8 Å². The van der Waals surface area contributed by atoms with E-state index in [1.54, 1.807) is 6.07 Å². The van der Waals surface area contributed by atoms with E-state index in [1.165, 1.54) is 5.56 Å². The molecule has 0 bridgehead atoms. The van der Waals surface area contributed by atoms with Gasteiger partial charge in [-0.15, -0.1) is 0 Å². The van der Waals surface area contributed by atoms with Gasteiger partial charge in [0.25, 0.3) is 5.91 Å². The van der Waals surface area contributed by atoms with E-state index in [0.717, 1.165) is 35.2 Å². The van der Waals surface area contributed by atoms with E-state index in [2.05, 4.69) is 21.4 Å². The Morgan fingerprint density at radius 2 is 2.00 bits per heavy atom. The van der Waals surface area contributed by atoms with E-state index in [1.807, 2.05) is 38.1 Å². The summed E-state index contributed by atoms with van der Waals surface area (Å²) in [4.78, 5) is 21.5. The third-order valence-corrected chi connectivity index (χ3v) is 5.02. The number of amides is 1. The highest BCUT2D eigenvalue weighted by Gasteiger charge is 2.25. The monoisotopic (exact) mass is 363 g/mol. The molecule has 0 unspecified atom stereocenters. The summed E-state index contributed by atoms with van der Waals surface area (Å²) in [5.41, 5.74) is 5.27. The van der Waals surface area contributed by atoms with E-state index in [4.69, 9.17) is 0 Å². The zero-order valence-electron chi connectivity index (χ0n) is 15.6. The van der Waals surface area contributed by atoms with Gasteiger partial charge in [-0.1, -0.05) is 12.1 Å². The van der Waals surface area contributed by atoms with Gasteiger partial charge in [0, 0.05) is 16.6 Å². The second-order valence-electron chi connectivity index (χ2n) is 7.26. The van der Waals surface area contributed by atoms with Crippen molar-refractivity contribution in [2.45, 2.75) is 45.8 Å². The average molecular weight is 363 g/mol. The molecule has 1 aromatic carbocycles. The second kappa shape index (κ2) is 7.06. The van der Waals surface area contributed by atoms with Crippen molar-refractivity contribution in [3.63, 3.8) is 0 Å². The number of aryl methyl sites for hydroxylation is 2. The molecule has 1 fully saturated rings. The van der Waals surface area contributed by atoms with Gasteiger partial charge in [-0.05, 0) is 68.0 Å². The van der Waals surface area contributed by atoms with Gasteiger partial charge >= 0.3 is 0 Å². The molecule has 0 spiro atoms. The predicted molar refractivity (Wildman–Crippen MR) is 103 cm³/mol. The topological polar surface area (TPSA) is 54.9 Å². The number of benzene rings is 1. The molecule has 0 radical (unpaired) electrons. The first-order valence-electron chi connectivity index (χ1n) is 9.26. The molecule has 0 saturated heterocycles. The Balaban J connectivity index is 1.63. The number of fused-ring (bicyclic) bond motifs is 1. The van der Waals surface area contributed by atoms with Crippen LogP contribution in [0.2, 0.25) is 0 Å². The zero-order chi connectivity index (χ0) is 19.0. The Bertz CT molecular complexity index is 1030. The highest BCUT2D eigenvalue weighted by molar-refractivity contribution is 5.96. The van der Waals surface area contributed by atoms with Crippen molar-refractivity contribution in [3.05, 3.63) is 70.2 Å². The van der Waals surface area contributed by atoms with Crippen molar-refractivity contribution in [2.24, 2.45) is 0 Å². The number of aromatic nitrogens is 2. The van der Waals surface area contributed by atoms with Crippen molar-refractivity contribution in [2.75, 3.05) is 0 Å². The fourth-order valence-electron chi connectivity index (χ4n) is 3.42. The minimum atomic E-state index is -0.582. The van der Waals surface area contributed by atoms with Gasteiger partial charge in [0.05, 0.1) is 17.8 Å². The molecular formula is C22H22FN3O. The Morgan fingerprint density at radius 3 is 2.70 bits per heavy atom. The Morgan fingerprint density at radius 1 is 1.19 bits per heavy atom. The minimum Gasteiger partial charge on any atom is -0.345 e. The molecule has 2 aromatic heterocycles. The van der Waals surface area contributed by atoms with Crippen LogP contribution < -0.4 is 5.32 Å². The normalized spacial score (nSPS) is 13.7. The highest BCUT2D eigenvalue weighted by atomic mass is 19.1. The highest BCUT2D eigenvalue weighted by Crippen LogP contribution is 2.42. The molecule has 0 atom stereocenters. The summed E-state index contributed by atoms with van der Waals surface area (Å²) in [6, 6.07) is 11.5. The van der Waals surface area contributed by atoms with Crippen molar-refractivity contribution < 1.29 is 9.18 Å². The smallest absolute Gasteiger partial charge is 0.270 e. The van der Waals surface area contributed by atoms with Crippen LogP contribution in [0.4, 0.5) is 4.39 Å². The molecule has 4 nitrogen and oxygen atoms in total. The molecule has 5 heteroatoms. The van der Waals surface area contributed by atoms with Crippen LogP contribution in [0, 0.1) is 13.8 Å². The number of hydrogen-bond donors (Lipinski definition) is 1. The lowest BCUT2D eigenvalue weighted by Crippen LogP contribution is -2.24. The van der Waals surface area contributed by atoms with Gasteiger partial charge in [-0.2, -0.15) is 0 Å². The van der Waals surface area contributed by atoms with E-state index in [9.17, 15) is 9.18 Å². The van der Waals surface area contributed by atoms with Crippen LogP contribution >= 0.6 is 0 Å². The lowest BCUT2D eigenvalue weighted by molar-refractivity contribution is 0.0945. The molecule has 1 amide bonds. The summed E-state index contributed by atoms with van der Waals surface area (Å²) in [5.74, 6) is 0.267. The molecular weight excluding hydrogens is 341 g/mol. The third kappa shape index (κ3) is 3.68. The summed E-state index contributed by atoms with van der Waals surface area (Å²) in [6.07, 6.45) is 2.33. The maximum absolute atomic E-state index is 13.6. The molecule has 27 heavy (non-hydrogen) atoms. The number of nitrogens with zero attached hydrogens (tertiary/aromatic N) is 2. The van der Waals surface area contributed by atoms with E-state index < -0.39 is 6.67 Å². The Hall–Kier alpha value is -2.82. The first kappa shape index (κ1) is 17.6. The third-order valence-electron chi connectivity index (χ3n) is 5.02. The first-order chi connectivity index (χ1) is 13.0. The molecule has 3 aromatic rings. The summed E-state index contributed by atoms with van der Waals surface area (Å²) < 4.78 is 13.6. The SMILES string of the molecule is Cc1cccc(CNC(=O)c2cc(C)c3cc(C4CC4)cc(CF)c3n2)n1. The van der Waals surface area contributed by atoms with Crippen LogP contribution in [0.15, 0.2) is 36.4 Å². The summed E-state index contributed by atoms with van der Waals surface area (Å²) in [7, 11) is 0. The maximum atomic E-state index is 13.6. The summed E-state index contributed by atoms with van der Waals surface area (Å²) >= 11 is 0. The number of hydrogen-bond acceptors (Lipinski definition) is 3. The summed E-state index contributed by atoms with van der Waals surface area (Å²) in [6.45, 7) is 3.60. The van der Waals surface area contributed by atoms with E-state index in [-0.39, 0.29) is 5.91 Å². The van der Waals surface area contributed by atoms with Crippen LogP contribution in [0.3, 0.4) is 0 Å². The molecule has 1 aliphatic rings. The molecule has 0 aliphatic heterocycles. The number of rotatable bonds is 5. The lowest BCUT2D eigenvalue weighted by atomic mass is 9.99. The van der Waals surface area contributed by atoms with Gasteiger partial charge in [0.1, 0.15) is 12.4 Å². The Labute approximate surface area is 157 Å². The molecule has 1 aliphatic carbocycles. The lowest BCUT2D eigenvalue weighted by Gasteiger charge is -2.12. The Kier molecular flexibility index (Phi) is 4.60. The predicted octanol–water partition coefficient (Wildman–Crippen LogP) is 4.52. The van der Waals surface area contributed by atoms with Crippen molar-refractivity contribution in [1.82, 2.24) is 15.3 Å². The standard InChI is InChI=1S/C22H22FN3O/c1-13-8-20(22(27)24-12-18-5-3-4-14(2)25-18)26-21-17(11-23)9-16(10-19(13)21)15-6-7-15/h3-5,8-10,15H,6-7,11-12H2,1-2H3,(H,24,27). The van der Waals surface area contributed by atoms with Crippen LogP contribution in [0.1, 0.15) is 57.3 Å². The van der Waals surface area contributed by atoms with Crippen LogP contribution in [0.25, 0.3) is 10.9 Å². The number of carbonyl (C=O) groups is 1. The van der Waals surface area contributed by atoms with Gasteiger partial charge in [-0.25, -0.2) is 9.37 Å². The second-order valence-corrected chi connectivity index (χ2v) is 7.26. The summed E-state index contributed by atoms with van der Waals surface area (Å²) in [5, 5.41) is 3.79. The average Bonchev–Trinajstić information content (AvgIpc) is 3.50. The fraction of sp³-hybridized carbons (Fsp3) is 0.318. The van der Waals surface area contributed by atoms with Gasteiger partial charge in [-0.3, -0.25) is 9.78 Å². The number of halogens is 1. The van der Waals surface area contributed by atoms with Gasteiger partial charge in [0.15, 0.2) is 0 Å². The molecule has 2 heterocycles. The van der Waals surface area contributed by atoms with Crippen LogP contribution in [-0.4, -0.2) is 15.9 Å². The van der Waals surface area contributed by atoms with Crippen LogP contribution in [-0.2, 0) is 13.2 Å². The maximum Gasteiger partial charge on any atom is 0.270 e. The van der Waals surface area contributed by atoms with Gasteiger partial charge in [0.2, 0.25) is 0 Å². The first-order valence-corrected chi connectivity index (χ1v) is 9.26. The van der Waals surface area contributed by atoms with E-state index in [0.29, 0.717) is 29.2 Å². The van der Waals surface area contributed by atoms with E-state index >= 15 is 0 Å². The van der Waals surface area contributed by atoms with Crippen molar-refractivity contribution in [1.29, 1.82) is 0 Å². The quantitative estimate of drug-likeness (QED) is 0.725. The van der Waals surface area contributed by atoms with Crippen molar-refractivity contribution in [3.8, 4) is 0 Å². The largest absolute Gasteiger partial charge is 0.345 e. The number of nitrogens with one attached hydrogen (secondary N) is 1. The number of carbonyl (C=O) groups excluding carboxylic acids is 1. The molecule has 4 rings (SSSR count). The zero-order valence-corrected chi connectivity index (χ0v) is 15.6.